The van der Waals surface area contributed by atoms with Crippen molar-refractivity contribution in [2.24, 2.45) is 46.3 Å². The van der Waals surface area contributed by atoms with Crippen molar-refractivity contribution in [2.75, 3.05) is 0 Å². The number of aliphatic hydroxyl groups excluding tert-OH is 1. The number of carbonyl (C=O) groups excluding carboxylic acids is 1. The highest BCUT2D eigenvalue weighted by atomic mass is 16.6. The summed E-state index contributed by atoms with van der Waals surface area (Å²) in [5.74, 6) is 4.67. The molecule has 34 heavy (non-hydrogen) atoms. The van der Waals surface area contributed by atoms with Gasteiger partial charge in [0.2, 0.25) is 0 Å². The fourth-order valence-electron chi connectivity index (χ4n) is 9.16. The second-order valence-electron chi connectivity index (χ2n) is 13.5. The van der Waals surface area contributed by atoms with Crippen LogP contribution in [-0.2, 0) is 9.53 Å². The molecule has 4 aliphatic rings. The van der Waals surface area contributed by atoms with Gasteiger partial charge in [0.15, 0.2) is 6.10 Å². The highest BCUT2D eigenvalue weighted by molar-refractivity contribution is 5.74. The van der Waals surface area contributed by atoms with E-state index in [4.69, 9.17) is 4.74 Å². The smallest absolute Gasteiger partial charge is 0.335 e. The van der Waals surface area contributed by atoms with Crippen molar-refractivity contribution in [1.82, 2.24) is 0 Å². The average molecular weight is 473 g/mol. The second-order valence-corrected chi connectivity index (χ2v) is 13.5. The SMILES string of the molecule is CCC(O)C(=O)O[C@H]1CC[C@@]2(C)C(=CC[C@H]3[C@@H]4CC[C@H]([C@H](C)CCCC(C)C)[C@@]4(C)CC[C@@H]32)C1. The molecule has 3 saturated carbocycles. The Kier molecular flexibility index (Phi) is 7.92. The molecule has 0 spiro atoms. The van der Waals surface area contributed by atoms with Crippen molar-refractivity contribution in [3.63, 3.8) is 0 Å². The molecule has 0 aromatic rings. The van der Waals surface area contributed by atoms with Crippen LogP contribution in [-0.4, -0.2) is 23.3 Å². The molecule has 0 radical (unpaired) electrons. The van der Waals surface area contributed by atoms with E-state index in [1.807, 2.05) is 6.92 Å². The van der Waals surface area contributed by atoms with E-state index >= 15 is 0 Å². The molecule has 194 valence electrons. The number of aliphatic hydroxyl groups is 1. The molecule has 1 unspecified atom stereocenters. The molecule has 3 fully saturated rings. The van der Waals surface area contributed by atoms with E-state index in [1.165, 1.54) is 51.4 Å². The summed E-state index contributed by atoms with van der Waals surface area (Å²) in [6.07, 6.45) is 16.0. The third-order valence-electron chi connectivity index (χ3n) is 11.2. The Morgan fingerprint density at radius 1 is 1.09 bits per heavy atom. The van der Waals surface area contributed by atoms with Crippen molar-refractivity contribution in [1.29, 1.82) is 0 Å². The zero-order chi connectivity index (χ0) is 24.7. The third kappa shape index (κ3) is 4.76. The standard InChI is InChI=1S/C31H52O3/c1-7-28(32)29(33)34-23-15-17-30(5)22(19-23)11-12-24-26-14-13-25(21(4)10-8-9-20(2)3)31(26,6)18-16-27(24)30/h11,20-21,23-28,32H,7-10,12-19H2,1-6H3/t21-,23+,24+,25-,26+,27+,28?,30+,31-/m1/s1. The molecule has 4 aliphatic carbocycles. The van der Waals surface area contributed by atoms with Crippen molar-refractivity contribution in [3.8, 4) is 0 Å². The summed E-state index contributed by atoms with van der Waals surface area (Å²) >= 11 is 0. The van der Waals surface area contributed by atoms with Crippen LogP contribution in [0.25, 0.3) is 0 Å². The van der Waals surface area contributed by atoms with Gasteiger partial charge in [-0.3, -0.25) is 0 Å². The molecule has 0 aromatic carbocycles. The molecule has 4 rings (SSSR count). The first-order chi connectivity index (χ1) is 16.1. The lowest BCUT2D eigenvalue weighted by atomic mass is 9.47. The molecular weight excluding hydrogens is 420 g/mol. The van der Waals surface area contributed by atoms with Gasteiger partial charge in [-0.25, -0.2) is 4.79 Å². The van der Waals surface area contributed by atoms with Crippen LogP contribution in [0.5, 0.6) is 0 Å². The first-order valence-electron chi connectivity index (χ1n) is 14.7. The summed E-state index contributed by atoms with van der Waals surface area (Å²) in [6, 6.07) is 0. The van der Waals surface area contributed by atoms with Crippen molar-refractivity contribution >= 4 is 5.97 Å². The quantitative estimate of drug-likeness (QED) is 0.291. The topological polar surface area (TPSA) is 46.5 Å². The zero-order valence-electron chi connectivity index (χ0n) is 22.9. The van der Waals surface area contributed by atoms with Gasteiger partial charge in [0.1, 0.15) is 6.10 Å². The Morgan fingerprint density at radius 3 is 2.56 bits per heavy atom. The molecule has 0 aromatic heterocycles. The maximum atomic E-state index is 12.2. The summed E-state index contributed by atoms with van der Waals surface area (Å²) in [4.78, 5) is 12.2. The molecule has 0 aliphatic heterocycles. The minimum Gasteiger partial charge on any atom is -0.460 e. The number of fused-ring (bicyclic) bond motifs is 5. The summed E-state index contributed by atoms with van der Waals surface area (Å²) in [5.41, 5.74) is 2.35. The largest absolute Gasteiger partial charge is 0.460 e. The molecule has 0 heterocycles. The van der Waals surface area contributed by atoms with Crippen LogP contribution in [0.1, 0.15) is 119 Å². The molecule has 9 atom stereocenters. The summed E-state index contributed by atoms with van der Waals surface area (Å²) in [6.45, 7) is 14.3. The lowest BCUT2D eigenvalue weighted by molar-refractivity contribution is -0.161. The molecule has 0 bridgehead atoms. The first kappa shape index (κ1) is 26.2. The maximum Gasteiger partial charge on any atom is 0.335 e. The van der Waals surface area contributed by atoms with Gasteiger partial charge in [-0.1, -0.05) is 72.5 Å². The van der Waals surface area contributed by atoms with E-state index in [2.05, 4.69) is 40.7 Å². The molecule has 0 saturated heterocycles. The Bertz CT molecular complexity index is 756. The van der Waals surface area contributed by atoms with E-state index in [1.54, 1.807) is 5.57 Å². The number of allylic oxidation sites excluding steroid dienone is 1. The molecular formula is C31H52O3. The number of hydrogen-bond donors (Lipinski definition) is 1. The number of ether oxygens (including phenoxy) is 1. The van der Waals surface area contributed by atoms with E-state index in [9.17, 15) is 9.90 Å². The summed E-state index contributed by atoms with van der Waals surface area (Å²) in [5, 5.41) is 9.85. The van der Waals surface area contributed by atoms with Crippen molar-refractivity contribution in [3.05, 3.63) is 11.6 Å². The molecule has 0 amide bonds. The van der Waals surface area contributed by atoms with Crippen LogP contribution in [0.15, 0.2) is 11.6 Å². The average Bonchev–Trinajstić information content (AvgIpc) is 3.15. The maximum absolute atomic E-state index is 12.2. The molecule has 3 heteroatoms. The summed E-state index contributed by atoms with van der Waals surface area (Å²) in [7, 11) is 0. The fourth-order valence-corrected chi connectivity index (χ4v) is 9.16. The Hall–Kier alpha value is -0.830. The fraction of sp³-hybridized carbons (Fsp3) is 0.903. The van der Waals surface area contributed by atoms with Gasteiger partial charge in [0, 0.05) is 6.42 Å². The van der Waals surface area contributed by atoms with Gasteiger partial charge in [-0.15, -0.1) is 0 Å². The lowest BCUT2D eigenvalue weighted by Gasteiger charge is -2.58. The first-order valence-corrected chi connectivity index (χ1v) is 14.7. The normalized spacial score (nSPS) is 41.2. The molecule has 3 nitrogen and oxygen atoms in total. The van der Waals surface area contributed by atoms with Gasteiger partial charge < -0.3 is 9.84 Å². The number of hydrogen-bond acceptors (Lipinski definition) is 3. The number of carbonyl (C=O) groups is 1. The third-order valence-corrected chi connectivity index (χ3v) is 11.2. The minimum absolute atomic E-state index is 0.0546. The lowest BCUT2D eigenvalue weighted by Crippen LogP contribution is -2.51. The predicted octanol–water partition coefficient (Wildman–Crippen LogP) is 7.71. The van der Waals surface area contributed by atoms with Crippen LogP contribution >= 0.6 is 0 Å². The monoisotopic (exact) mass is 472 g/mol. The van der Waals surface area contributed by atoms with Gasteiger partial charge in [-0.05, 0) is 97.7 Å². The number of esters is 1. The van der Waals surface area contributed by atoms with E-state index in [0.29, 0.717) is 11.8 Å². The summed E-state index contributed by atoms with van der Waals surface area (Å²) < 4.78 is 5.72. The zero-order valence-corrected chi connectivity index (χ0v) is 22.9. The highest BCUT2D eigenvalue weighted by Gasteiger charge is 2.59. The Labute approximate surface area is 209 Å². The Morgan fingerprint density at radius 2 is 1.85 bits per heavy atom. The van der Waals surface area contributed by atoms with Crippen LogP contribution < -0.4 is 0 Å². The highest BCUT2D eigenvalue weighted by Crippen LogP contribution is 2.67. The minimum atomic E-state index is -0.975. The van der Waals surface area contributed by atoms with Crippen LogP contribution in [0.4, 0.5) is 0 Å². The van der Waals surface area contributed by atoms with Gasteiger partial charge >= 0.3 is 5.97 Å². The van der Waals surface area contributed by atoms with Crippen LogP contribution in [0.3, 0.4) is 0 Å². The van der Waals surface area contributed by atoms with Crippen molar-refractivity contribution in [2.45, 2.75) is 131 Å². The second kappa shape index (κ2) is 10.3. The predicted molar refractivity (Wildman–Crippen MR) is 139 cm³/mol. The Balaban J connectivity index is 1.43. The van der Waals surface area contributed by atoms with E-state index < -0.39 is 12.1 Å². The number of rotatable bonds is 8. The van der Waals surface area contributed by atoms with Crippen molar-refractivity contribution < 1.29 is 14.6 Å². The van der Waals surface area contributed by atoms with Crippen LogP contribution in [0, 0.1) is 46.3 Å². The van der Waals surface area contributed by atoms with Crippen LogP contribution in [0.2, 0.25) is 0 Å². The molecule has 1 N–H and O–H groups in total. The van der Waals surface area contributed by atoms with Gasteiger partial charge in [-0.2, -0.15) is 0 Å². The van der Waals surface area contributed by atoms with Gasteiger partial charge in [0.05, 0.1) is 0 Å². The van der Waals surface area contributed by atoms with E-state index in [0.717, 1.165) is 54.8 Å². The van der Waals surface area contributed by atoms with E-state index in [-0.39, 0.29) is 11.5 Å². The van der Waals surface area contributed by atoms with Gasteiger partial charge in [0.25, 0.3) is 0 Å².